The Bertz CT molecular complexity index is 1140. The summed E-state index contributed by atoms with van der Waals surface area (Å²) < 4.78 is 11.8. The first-order valence-electron chi connectivity index (χ1n) is 12.6. The molecule has 4 aromatic rings. The van der Waals surface area contributed by atoms with E-state index in [0.717, 1.165) is 46.8 Å². The molecule has 180 valence electrons. The Morgan fingerprint density at radius 3 is 2.11 bits per heavy atom. The van der Waals surface area contributed by atoms with E-state index in [1.807, 2.05) is 67.0 Å². The van der Waals surface area contributed by atoms with Gasteiger partial charge in [-0.05, 0) is 41.8 Å². The van der Waals surface area contributed by atoms with Crippen molar-refractivity contribution in [3.63, 3.8) is 0 Å². The van der Waals surface area contributed by atoms with Gasteiger partial charge in [-0.1, -0.05) is 93.6 Å². The van der Waals surface area contributed by atoms with Gasteiger partial charge in [0.1, 0.15) is 18.1 Å². The van der Waals surface area contributed by atoms with E-state index in [4.69, 9.17) is 9.47 Å². The average molecular weight is 467 g/mol. The molecule has 0 bridgehead atoms. The van der Waals surface area contributed by atoms with Crippen molar-refractivity contribution >= 4 is 0 Å². The standard InChI is InChI=1S/C31H34N2O2/c1-2-3-4-5-6-10-20-34-29-18-16-26(17-19-29)28-22-32-31(33-23-28)27-14-11-15-30(21-27)35-24-25-12-8-7-9-13-25/h7-9,11-19,21-23H,2-6,10,20,24H2,1H3. The predicted molar refractivity (Wildman–Crippen MR) is 143 cm³/mol. The third kappa shape index (κ3) is 7.68. The lowest BCUT2D eigenvalue weighted by Crippen LogP contribution is -1.97. The summed E-state index contributed by atoms with van der Waals surface area (Å²) in [5.74, 6) is 2.39. The molecular weight excluding hydrogens is 432 g/mol. The van der Waals surface area contributed by atoms with Crippen LogP contribution in [0.2, 0.25) is 0 Å². The number of hydrogen-bond acceptors (Lipinski definition) is 4. The quantitative estimate of drug-likeness (QED) is 0.187. The molecule has 0 fully saturated rings. The van der Waals surface area contributed by atoms with Gasteiger partial charge in [0.2, 0.25) is 0 Å². The summed E-state index contributed by atoms with van der Waals surface area (Å²) in [6.45, 7) is 3.55. The monoisotopic (exact) mass is 466 g/mol. The number of hydrogen-bond donors (Lipinski definition) is 0. The molecule has 3 aromatic carbocycles. The fraction of sp³-hybridized carbons (Fsp3) is 0.290. The highest BCUT2D eigenvalue weighted by molar-refractivity contribution is 5.64. The molecule has 1 aromatic heterocycles. The molecule has 0 amide bonds. The molecule has 1 heterocycles. The van der Waals surface area contributed by atoms with Crippen molar-refractivity contribution < 1.29 is 9.47 Å². The summed E-state index contributed by atoms with van der Waals surface area (Å²) in [5.41, 5.74) is 4.12. The van der Waals surface area contributed by atoms with Crippen LogP contribution in [-0.2, 0) is 6.61 Å². The summed E-state index contributed by atoms with van der Waals surface area (Å²) in [6.07, 6.45) is 11.3. The Morgan fingerprint density at radius 1 is 0.600 bits per heavy atom. The van der Waals surface area contributed by atoms with Gasteiger partial charge in [0.05, 0.1) is 6.61 Å². The van der Waals surface area contributed by atoms with Crippen molar-refractivity contribution in [3.05, 3.63) is 96.8 Å². The highest BCUT2D eigenvalue weighted by atomic mass is 16.5. The first-order valence-corrected chi connectivity index (χ1v) is 12.6. The molecule has 35 heavy (non-hydrogen) atoms. The minimum atomic E-state index is 0.531. The molecule has 0 spiro atoms. The Kier molecular flexibility index (Phi) is 9.29. The van der Waals surface area contributed by atoms with Crippen LogP contribution >= 0.6 is 0 Å². The Labute approximate surface area is 209 Å². The number of aromatic nitrogens is 2. The maximum absolute atomic E-state index is 5.95. The van der Waals surface area contributed by atoms with E-state index in [1.165, 1.54) is 32.1 Å². The number of benzene rings is 3. The van der Waals surface area contributed by atoms with Crippen LogP contribution in [0, 0.1) is 0 Å². The summed E-state index contributed by atoms with van der Waals surface area (Å²) in [7, 11) is 0. The Morgan fingerprint density at radius 2 is 1.34 bits per heavy atom. The van der Waals surface area contributed by atoms with Crippen LogP contribution < -0.4 is 9.47 Å². The van der Waals surface area contributed by atoms with E-state index in [1.54, 1.807) is 0 Å². The fourth-order valence-electron chi connectivity index (χ4n) is 3.91. The molecule has 0 saturated carbocycles. The first kappa shape index (κ1) is 24.5. The van der Waals surface area contributed by atoms with Gasteiger partial charge in [-0.3, -0.25) is 0 Å². The van der Waals surface area contributed by atoms with Crippen molar-refractivity contribution in [1.82, 2.24) is 9.97 Å². The highest BCUT2D eigenvalue weighted by Gasteiger charge is 2.06. The zero-order valence-electron chi connectivity index (χ0n) is 20.5. The fourth-order valence-corrected chi connectivity index (χ4v) is 3.91. The predicted octanol–water partition coefficient (Wildman–Crippen LogP) is 8.13. The van der Waals surface area contributed by atoms with Crippen molar-refractivity contribution in [2.75, 3.05) is 6.61 Å². The zero-order chi connectivity index (χ0) is 24.1. The normalized spacial score (nSPS) is 10.8. The Hall–Kier alpha value is -3.66. The molecule has 0 atom stereocenters. The van der Waals surface area contributed by atoms with Crippen LogP contribution in [0.1, 0.15) is 51.0 Å². The summed E-state index contributed by atoms with van der Waals surface area (Å²) in [4.78, 5) is 9.20. The zero-order valence-corrected chi connectivity index (χ0v) is 20.5. The molecule has 4 heteroatoms. The van der Waals surface area contributed by atoms with E-state index in [0.29, 0.717) is 12.4 Å². The minimum Gasteiger partial charge on any atom is -0.494 e. The van der Waals surface area contributed by atoms with Crippen LogP contribution in [0.5, 0.6) is 11.5 Å². The third-order valence-electron chi connectivity index (χ3n) is 5.95. The minimum absolute atomic E-state index is 0.531. The first-order chi connectivity index (χ1) is 17.3. The van der Waals surface area contributed by atoms with Gasteiger partial charge in [0, 0.05) is 23.5 Å². The van der Waals surface area contributed by atoms with Crippen molar-refractivity contribution in [3.8, 4) is 34.0 Å². The van der Waals surface area contributed by atoms with Crippen molar-refractivity contribution in [2.24, 2.45) is 0 Å². The third-order valence-corrected chi connectivity index (χ3v) is 5.95. The Balaban J connectivity index is 1.30. The lowest BCUT2D eigenvalue weighted by Gasteiger charge is -2.09. The van der Waals surface area contributed by atoms with E-state index >= 15 is 0 Å². The topological polar surface area (TPSA) is 44.2 Å². The SMILES string of the molecule is CCCCCCCCOc1ccc(-c2cnc(-c3cccc(OCc4ccccc4)c3)nc2)cc1. The highest BCUT2D eigenvalue weighted by Crippen LogP contribution is 2.25. The van der Waals surface area contributed by atoms with Gasteiger partial charge in [0.25, 0.3) is 0 Å². The number of rotatable bonds is 13. The molecule has 0 aliphatic carbocycles. The van der Waals surface area contributed by atoms with Gasteiger partial charge in [-0.15, -0.1) is 0 Å². The maximum Gasteiger partial charge on any atom is 0.159 e. The number of unbranched alkanes of at least 4 members (excludes halogenated alkanes) is 5. The average Bonchev–Trinajstić information content (AvgIpc) is 2.93. The van der Waals surface area contributed by atoms with E-state index in [9.17, 15) is 0 Å². The molecule has 0 saturated heterocycles. The smallest absolute Gasteiger partial charge is 0.159 e. The van der Waals surface area contributed by atoms with E-state index in [-0.39, 0.29) is 0 Å². The largest absolute Gasteiger partial charge is 0.494 e. The summed E-state index contributed by atoms with van der Waals surface area (Å²) >= 11 is 0. The van der Waals surface area contributed by atoms with Crippen LogP contribution in [-0.4, -0.2) is 16.6 Å². The maximum atomic E-state index is 5.95. The van der Waals surface area contributed by atoms with Gasteiger partial charge >= 0.3 is 0 Å². The second-order valence-corrected chi connectivity index (χ2v) is 8.74. The van der Waals surface area contributed by atoms with E-state index < -0.39 is 0 Å². The molecule has 4 rings (SSSR count). The molecule has 4 nitrogen and oxygen atoms in total. The van der Waals surface area contributed by atoms with Crippen LogP contribution in [0.15, 0.2) is 91.3 Å². The van der Waals surface area contributed by atoms with Crippen molar-refractivity contribution in [1.29, 1.82) is 0 Å². The number of nitrogens with zero attached hydrogens (tertiary/aromatic N) is 2. The lowest BCUT2D eigenvalue weighted by molar-refractivity contribution is 0.304. The second-order valence-electron chi connectivity index (χ2n) is 8.74. The molecule has 0 aliphatic heterocycles. The molecule has 0 unspecified atom stereocenters. The number of ether oxygens (including phenoxy) is 2. The van der Waals surface area contributed by atoms with Crippen molar-refractivity contribution in [2.45, 2.75) is 52.1 Å². The van der Waals surface area contributed by atoms with Gasteiger partial charge in [-0.25, -0.2) is 9.97 Å². The summed E-state index contributed by atoms with van der Waals surface area (Å²) in [6, 6.07) is 26.2. The molecular formula is C31H34N2O2. The van der Waals surface area contributed by atoms with Crippen LogP contribution in [0.3, 0.4) is 0 Å². The van der Waals surface area contributed by atoms with Gasteiger partial charge < -0.3 is 9.47 Å². The van der Waals surface area contributed by atoms with Crippen LogP contribution in [0.4, 0.5) is 0 Å². The summed E-state index contributed by atoms with van der Waals surface area (Å²) in [5, 5.41) is 0. The second kappa shape index (κ2) is 13.3. The lowest BCUT2D eigenvalue weighted by atomic mass is 10.1. The van der Waals surface area contributed by atoms with E-state index in [2.05, 4.69) is 41.2 Å². The van der Waals surface area contributed by atoms with Gasteiger partial charge in [0.15, 0.2) is 5.82 Å². The molecule has 0 N–H and O–H groups in total. The van der Waals surface area contributed by atoms with Gasteiger partial charge in [-0.2, -0.15) is 0 Å². The van der Waals surface area contributed by atoms with Crippen LogP contribution in [0.25, 0.3) is 22.5 Å². The molecule has 0 radical (unpaired) electrons. The molecule has 0 aliphatic rings.